The van der Waals surface area contributed by atoms with Gasteiger partial charge in [0, 0.05) is 32.7 Å². The quantitative estimate of drug-likeness (QED) is 0.449. The van der Waals surface area contributed by atoms with Crippen molar-refractivity contribution >= 4 is 34.9 Å². The molecule has 1 aromatic heterocycles. The highest BCUT2D eigenvalue weighted by molar-refractivity contribution is 5.89. The molecule has 1 aromatic carbocycles. The van der Waals surface area contributed by atoms with Crippen molar-refractivity contribution in [1.29, 1.82) is 0 Å². The zero-order valence-corrected chi connectivity index (χ0v) is 16.9. The first kappa shape index (κ1) is 21.4. The summed E-state index contributed by atoms with van der Waals surface area (Å²) in [5.74, 6) is 0.343. The summed E-state index contributed by atoms with van der Waals surface area (Å²) in [6, 6.07) is 6.57. The Morgan fingerprint density at radius 3 is 2.47 bits per heavy atom. The number of ether oxygens (including phenoxy) is 1. The number of hydrogen-bond acceptors (Lipinski definition) is 11. The lowest BCUT2D eigenvalue weighted by atomic mass is 10.2. The maximum Gasteiger partial charge on any atom is 0.338 e. The molecule has 0 amide bonds. The molecule has 0 atom stereocenters. The van der Waals surface area contributed by atoms with Crippen molar-refractivity contribution in [2.45, 2.75) is 6.92 Å². The monoisotopic (exact) mass is 414 g/mol. The van der Waals surface area contributed by atoms with Gasteiger partial charge in [0.1, 0.15) is 0 Å². The van der Waals surface area contributed by atoms with Gasteiger partial charge in [-0.3, -0.25) is 4.90 Å². The van der Waals surface area contributed by atoms with Gasteiger partial charge < -0.3 is 26.2 Å². The summed E-state index contributed by atoms with van der Waals surface area (Å²) < 4.78 is 4.97. The largest absolute Gasteiger partial charge is 0.462 e. The molecule has 1 aliphatic heterocycles. The Labute approximate surface area is 174 Å². The summed E-state index contributed by atoms with van der Waals surface area (Å²) in [7, 11) is 0. The molecule has 1 saturated heterocycles. The summed E-state index contributed by atoms with van der Waals surface area (Å²) in [6.07, 6.45) is 0. The first-order valence-electron chi connectivity index (χ1n) is 9.72. The number of azo groups is 1. The molecule has 11 nitrogen and oxygen atoms in total. The van der Waals surface area contributed by atoms with Crippen LogP contribution in [0.4, 0.5) is 29.0 Å². The third-order valence-corrected chi connectivity index (χ3v) is 4.64. The van der Waals surface area contributed by atoms with E-state index in [9.17, 15) is 4.79 Å². The molecule has 0 radical (unpaired) electrons. The number of piperazine rings is 1. The number of esters is 1. The second kappa shape index (κ2) is 9.94. The number of benzene rings is 1. The normalized spacial score (nSPS) is 14.9. The SMILES string of the molecule is CCOC(=O)c1ccc(N=Nc2c(N)nc(N)nc2N2CCN(CCO)CC2)cc1. The van der Waals surface area contributed by atoms with Gasteiger partial charge >= 0.3 is 5.97 Å². The Bertz CT molecular complexity index is 895. The van der Waals surface area contributed by atoms with Gasteiger partial charge in [-0.05, 0) is 31.2 Å². The van der Waals surface area contributed by atoms with Crippen LogP contribution in [0.3, 0.4) is 0 Å². The molecule has 30 heavy (non-hydrogen) atoms. The number of carbonyl (C=O) groups excluding carboxylic acids is 1. The van der Waals surface area contributed by atoms with E-state index in [0.717, 1.165) is 13.1 Å². The van der Waals surface area contributed by atoms with Gasteiger partial charge in [0.2, 0.25) is 5.95 Å². The molecule has 160 valence electrons. The zero-order chi connectivity index (χ0) is 21.5. The zero-order valence-electron chi connectivity index (χ0n) is 16.9. The van der Waals surface area contributed by atoms with Gasteiger partial charge in [0.15, 0.2) is 17.3 Å². The number of rotatable bonds is 7. The highest BCUT2D eigenvalue weighted by atomic mass is 16.5. The molecule has 1 aliphatic rings. The number of β-amino-alcohol motifs (C(OH)–C–C–N with tert-alkyl or cyclic N) is 1. The highest BCUT2D eigenvalue weighted by Crippen LogP contribution is 2.34. The minimum atomic E-state index is -0.389. The van der Waals surface area contributed by atoms with E-state index in [1.54, 1.807) is 31.2 Å². The van der Waals surface area contributed by atoms with Crippen molar-refractivity contribution in [1.82, 2.24) is 14.9 Å². The predicted octanol–water partition coefficient (Wildman–Crippen LogP) is 1.35. The molecule has 2 aromatic rings. The van der Waals surface area contributed by atoms with Crippen LogP contribution >= 0.6 is 0 Å². The standard InChI is InChI=1S/C19H26N8O3/c1-2-30-18(29)13-3-5-14(6-4-13)24-25-15-16(20)22-19(21)23-17(15)27-9-7-26(8-10-27)11-12-28/h3-6,28H,2,7-12H2,1H3,(H4,20,21,22,23). The number of aromatic nitrogens is 2. The molecular formula is C19H26N8O3. The molecule has 2 heterocycles. The van der Waals surface area contributed by atoms with E-state index in [4.69, 9.17) is 21.3 Å². The molecule has 0 bridgehead atoms. The minimum absolute atomic E-state index is 0.0676. The molecule has 3 rings (SSSR count). The van der Waals surface area contributed by atoms with Crippen LogP contribution in [-0.2, 0) is 4.74 Å². The Hall–Kier alpha value is -3.31. The van der Waals surface area contributed by atoms with Gasteiger partial charge in [0.25, 0.3) is 0 Å². The predicted molar refractivity (Wildman–Crippen MR) is 113 cm³/mol. The molecular weight excluding hydrogens is 388 g/mol. The summed E-state index contributed by atoms with van der Waals surface area (Å²) in [6.45, 7) is 5.75. The van der Waals surface area contributed by atoms with Gasteiger partial charge in [0.05, 0.1) is 24.5 Å². The molecule has 0 unspecified atom stereocenters. The summed E-state index contributed by atoms with van der Waals surface area (Å²) in [5.41, 5.74) is 13.2. The molecule has 0 spiro atoms. The lowest BCUT2D eigenvalue weighted by molar-refractivity contribution is 0.0526. The van der Waals surface area contributed by atoms with Gasteiger partial charge in [-0.2, -0.15) is 15.1 Å². The summed E-state index contributed by atoms with van der Waals surface area (Å²) in [4.78, 5) is 24.3. The van der Waals surface area contributed by atoms with E-state index < -0.39 is 0 Å². The number of nitrogen functional groups attached to an aromatic ring is 2. The van der Waals surface area contributed by atoms with Crippen LogP contribution in [0.2, 0.25) is 0 Å². The number of aliphatic hydroxyl groups excluding tert-OH is 1. The fraction of sp³-hybridized carbons (Fsp3) is 0.421. The van der Waals surface area contributed by atoms with E-state index in [0.29, 0.717) is 49.0 Å². The average molecular weight is 414 g/mol. The molecule has 5 N–H and O–H groups in total. The first-order valence-corrected chi connectivity index (χ1v) is 9.72. The number of nitrogens with two attached hydrogens (primary N) is 2. The van der Waals surface area contributed by atoms with Crippen molar-refractivity contribution in [2.75, 3.05) is 62.3 Å². The minimum Gasteiger partial charge on any atom is -0.462 e. The smallest absolute Gasteiger partial charge is 0.338 e. The van der Waals surface area contributed by atoms with E-state index in [1.165, 1.54) is 0 Å². The lowest BCUT2D eigenvalue weighted by Crippen LogP contribution is -2.47. The lowest BCUT2D eigenvalue weighted by Gasteiger charge is -2.35. The van der Waals surface area contributed by atoms with E-state index >= 15 is 0 Å². The van der Waals surface area contributed by atoms with E-state index in [2.05, 4.69) is 25.1 Å². The third kappa shape index (κ3) is 5.19. The summed E-state index contributed by atoms with van der Waals surface area (Å²) >= 11 is 0. The van der Waals surface area contributed by atoms with Gasteiger partial charge in [-0.15, -0.1) is 5.11 Å². The maximum absolute atomic E-state index is 11.8. The Balaban J connectivity index is 1.79. The topological polar surface area (TPSA) is 156 Å². The van der Waals surface area contributed by atoms with Gasteiger partial charge in [-0.25, -0.2) is 4.79 Å². The number of nitrogens with zero attached hydrogens (tertiary/aromatic N) is 6. The Morgan fingerprint density at radius 2 is 1.83 bits per heavy atom. The van der Waals surface area contributed by atoms with Crippen LogP contribution in [0.15, 0.2) is 34.5 Å². The van der Waals surface area contributed by atoms with Crippen molar-refractivity contribution in [3.63, 3.8) is 0 Å². The number of aliphatic hydroxyl groups is 1. The van der Waals surface area contributed by atoms with Crippen LogP contribution in [0.5, 0.6) is 0 Å². The van der Waals surface area contributed by atoms with Crippen LogP contribution in [0.25, 0.3) is 0 Å². The van der Waals surface area contributed by atoms with Crippen molar-refractivity contribution < 1.29 is 14.6 Å². The second-order valence-corrected chi connectivity index (χ2v) is 6.66. The van der Waals surface area contributed by atoms with Gasteiger partial charge in [-0.1, -0.05) is 0 Å². The molecule has 1 fully saturated rings. The van der Waals surface area contributed by atoms with Crippen LogP contribution in [0.1, 0.15) is 17.3 Å². The van der Waals surface area contributed by atoms with Crippen LogP contribution in [0, 0.1) is 0 Å². The molecule has 0 aliphatic carbocycles. The number of anilines is 3. The van der Waals surface area contributed by atoms with Crippen LogP contribution < -0.4 is 16.4 Å². The number of carbonyl (C=O) groups is 1. The van der Waals surface area contributed by atoms with E-state index in [-0.39, 0.29) is 24.3 Å². The number of hydrogen-bond donors (Lipinski definition) is 3. The molecule has 0 saturated carbocycles. The van der Waals surface area contributed by atoms with Crippen molar-refractivity contribution in [3.05, 3.63) is 29.8 Å². The fourth-order valence-corrected chi connectivity index (χ4v) is 3.10. The first-order chi connectivity index (χ1) is 14.5. The highest BCUT2D eigenvalue weighted by Gasteiger charge is 2.22. The van der Waals surface area contributed by atoms with Crippen molar-refractivity contribution in [2.24, 2.45) is 10.2 Å². The van der Waals surface area contributed by atoms with Crippen LogP contribution in [-0.4, -0.2) is 71.9 Å². The summed E-state index contributed by atoms with van der Waals surface area (Å²) in [5, 5.41) is 17.6. The maximum atomic E-state index is 11.8. The van der Waals surface area contributed by atoms with E-state index in [1.807, 2.05) is 4.90 Å². The third-order valence-electron chi connectivity index (χ3n) is 4.64. The Morgan fingerprint density at radius 1 is 1.13 bits per heavy atom. The Kier molecular flexibility index (Phi) is 7.09. The average Bonchev–Trinajstić information content (AvgIpc) is 2.74. The van der Waals surface area contributed by atoms with Crippen molar-refractivity contribution in [3.8, 4) is 0 Å². The molecule has 11 heteroatoms. The fourth-order valence-electron chi connectivity index (χ4n) is 3.10. The second-order valence-electron chi connectivity index (χ2n) is 6.66.